The van der Waals surface area contributed by atoms with E-state index < -0.39 is 11.6 Å². The summed E-state index contributed by atoms with van der Waals surface area (Å²) in [6.45, 7) is 6.29. The van der Waals surface area contributed by atoms with E-state index >= 15 is 0 Å². The molecule has 4 nitrogen and oxygen atoms in total. The number of carbonyl (C=O) groups excluding carboxylic acids is 1. The molecule has 4 heteroatoms. The lowest BCUT2D eigenvalue weighted by molar-refractivity contribution is -0.0957. The predicted molar refractivity (Wildman–Crippen MR) is 94.3 cm³/mol. The average Bonchev–Trinajstić information content (AvgIpc) is 2.76. The molecule has 2 N–H and O–H groups in total. The number of hydrogen-bond acceptors (Lipinski definition) is 4. The monoisotopic (exact) mass is 330 g/mol. The van der Waals surface area contributed by atoms with Gasteiger partial charge >= 0.3 is 0 Å². The van der Waals surface area contributed by atoms with Crippen molar-refractivity contribution in [1.82, 2.24) is 0 Å². The number of fused-ring (bicyclic) bond motifs is 1. The maximum Gasteiger partial charge on any atom is 0.272 e. The molecule has 24 heavy (non-hydrogen) atoms. The van der Waals surface area contributed by atoms with Gasteiger partial charge in [0.2, 0.25) is 5.78 Å². The van der Waals surface area contributed by atoms with Crippen molar-refractivity contribution in [2.24, 2.45) is 0 Å². The Morgan fingerprint density at radius 1 is 1.21 bits per heavy atom. The number of phenols is 1. The van der Waals surface area contributed by atoms with E-state index in [0.29, 0.717) is 12.2 Å². The number of unbranched alkanes of at least 4 members (excludes halogenated alkanes) is 1. The smallest absolute Gasteiger partial charge is 0.272 e. The van der Waals surface area contributed by atoms with Gasteiger partial charge in [-0.15, -0.1) is 0 Å². The molecule has 0 radical (unpaired) electrons. The van der Waals surface area contributed by atoms with Crippen molar-refractivity contribution in [1.29, 1.82) is 0 Å². The number of ketones is 1. The largest absolute Gasteiger partial charge is 0.508 e. The lowest BCUT2D eigenvalue weighted by Crippen LogP contribution is -2.39. The molecule has 1 aliphatic rings. The lowest BCUT2D eigenvalue weighted by atomic mass is 10.00. The standard InChI is InChI=1S/C20H26O4/c1-14(2)7-6-9-15(3)8-4-5-12-20(23)19(22)17-13-16(21)10-11-18(17)24-20/h7-8,10-11,13,21,23H,4-6,9,12H2,1-3H3/b15-8+/t20-/m0/s1. The number of ether oxygens (including phenoxy) is 1. The fraction of sp³-hybridized carbons (Fsp3) is 0.450. The van der Waals surface area contributed by atoms with Gasteiger partial charge in [0, 0.05) is 6.42 Å². The first-order valence-corrected chi connectivity index (χ1v) is 8.40. The van der Waals surface area contributed by atoms with Crippen LogP contribution in [-0.4, -0.2) is 21.8 Å². The number of allylic oxidation sites excluding steroid dienone is 4. The Bertz CT molecular complexity index is 668. The molecule has 0 saturated carbocycles. The van der Waals surface area contributed by atoms with Gasteiger partial charge in [-0.1, -0.05) is 23.3 Å². The summed E-state index contributed by atoms with van der Waals surface area (Å²) in [6.07, 6.45) is 8.12. The fourth-order valence-electron chi connectivity index (χ4n) is 2.77. The Labute approximate surface area is 143 Å². The number of aromatic hydroxyl groups is 1. The molecule has 0 saturated heterocycles. The number of rotatable bonds is 7. The summed E-state index contributed by atoms with van der Waals surface area (Å²) in [6, 6.07) is 4.28. The minimum absolute atomic E-state index is 0.00938. The van der Waals surface area contributed by atoms with Crippen LogP contribution >= 0.6 is 0 Å². The van der Waals surface area contributed by atoms with Crippen molar-refractivity contribution in [2.75, 3.05) is 0 Å². The van der Waals surface area contributed by atoms with E-state index in [4.69, 9.17) is 4.74 Å². The van der Waals surface area contributed by atoms with Crippen LogP contribution in [0.4, 0.5) is 0 Å². The summed E-state index contributed by atoms with van der Waals surface area (Å²) in [5.41, 5.74) is 2.88. The van der Waals surface area contributed by atoms with E-state index in [0.717, 1.165) is 19.3 Å². The number of phenolic OH excluding ortho intramolecular Hbond substituents is 1. The fourth-order valence-corrected chi connectivity index (χ4v) is 2.77. The third-order valence-electron chi connectivity index (χ3n) is 4.15. The Morgan fingerprint density at radius 3 is 2.67 bits per heavy atom. The molecule has 0 aromatic heterocycles. The van der Waals surface area contributed by atoms with Gasteiger partial charge in [0.25, 0.3) is 5.79 Å². The van der Waals surface area contributed by atoms with Gasteiger partial charge < -0.3 is 14.9 Å². The number of carbonyl (C=O) groups is 1. The lowest BCUT2D eigenvalue weighted by Gasteiger charge is -2.20. The molecule has 1 atom stereocenters. The molecule has 1 aromatic rings. The van der Waals surface area contributed by atoms with Crippen molar-refractivity contribution < 1.29 is 19.7 Å². The highest BCUT2D eigenvalue weighted by molar-refractivity contribution is 6.06. The maximum atomic E-state index is 12.3. The topological polar surface area (TPSA) is 66.8 Å². The van der Waals surface area contributed by atoms with Gasteiger partial charge in [0.1, 0.15) is 11.5 Å². The zero-order valence-corrected chi connectivity index (χ0v) is 14.6. The molecule has 0 spiro atoms. The molecule has 0 bridgehead atoms. The van der Waals surface area contributed by atoms with Crippen molar-refractivity contribution >= 4 is 5.78 Å². The Balaban J connectivity index is 1.85. The quantitative estimate of drug-likeness (QED) is 0.570. The van der Waals surface area contributed by atoms with E-state index in [2.05, 4.69) is 32.9 Å². The third-order valence-corrected chi connectivity index (χ3v) is 4.15. The molecule has 1 aliphatic heterocycles. The maximum absolute atomic E-state index is 12.3. The summed E-state index contributed by atoms with van der Waals surface area (Å²) in [5.74, 6) is -1.96. The number of benzene rings is 1. The normalized spacial score (nSPS) is 19.8. The van der Waals surface area contributed by atoms with Gasteiger partial charge in [0.05, 0.1) is 5.56 Å². The van der Waals surface area contributed by atoms with Crippen molar-refractivity contribution in [3.05, 3.63) is 47.1 Å². The Kier molecular flexibility index (Phi) is 5.84. The van der Waals surface area contributed by atoms with Crippen LogP contribution in [0.2, 0.25) is 0 Å². The predicted octanol–water partition coefficient (Wildman–Crippen LogP) is 4.52. The number of Topliss-reactive ketones (excluding diaryl/α,β-unsaturated/α-hetero) is 1. The summed E-state index contributed by atoms with van der Waals surface area (Å²) < 4.78 is 5.43. The second kappa shape index (κ2) is 7.67. The molecular weight excluding hydrogens is 304 g/mol. The van der Waals surface area contributed by atoms with E-state index in [1.807, 2.05) is 0 Å². The summed E-state index contributed by atoms with van der Waals surface area (Å²) in [7, 11) is 0. The molecule has 130 valence electrons. The molecule has 0 unspecified atom stereocenters. The highest BCUT2D eigenvalue weighted by Crippen LogP contribution is 2.38. The SMILES string of the molecule is CC(C)=CCC/C(C)=C/CCC[C@]1(O)Oc2ccc(O)cc2C1=O. The van der Waals surface area contributed by atoms with Crippen LogP contribution in [0.5, 0.6) is 11.5 Å². The molecule has 0 fully saturated rings. The van der Waals surface area contributed by atoms with Crippen molar-refractivity contribution in [2.45, 2.75) is 58.7 Å². The summed E-state index contributed by atoms with van der Waals surface area (Å²) in [4.78, 5) is 12.3. The van der Waals surface area contributed by atoms with Crippen LogP contribution in [0.15, 0.2) is 41.5 Å². The number of hydrogen-bond donors (Lipinski definition) is 2. The minimum Gasteiger partial charge on any atom is -0.508 e. The second-order valence-corrected chi connectivity index (χ2v) is 6.66. The first-order chi connectivity index (χ1) is 11.3. The Hall–Kier alpha value is -2.07. The molecular formula is C20H26O4. The van der Waals surface area contributed by atoms with Crippen LogP contribution in [0, 0.1) is 0 Å². The summed E-state index contributed by atoms with van der Waals surface area (Å²) in [5, 5.41) is 19.9. The first-order valence-electron chi connectivity index (χ1n) is 8.40. The molecule has 0 aliphatic carbocycles. The van der Waals surface area contributed by atoms with Gasteiger partial charge in [0.15, 0.2) is 0 Å². The van der Waals surface area contributed by atoms with E-state index in [1.165, 1.54) is 29.3 Å². The van der Waals surface area contributed by atoms with Crippen LogP contribution < -0.4 is 4.74 Å². The van der Waals surface area contributed by atoms with Gasteiger partial charge in [-0.3, -0.25) is 4.79 Å². The minimum atomic E-state index is -1.81. The van der Waals surface area contributed by atoms with E-state index in [-0.39, 0.29) is 17.7 Å². The van der Waals surface area contributed by atoms with Gasteiger partial charge in [-0.05, 0) is 64.7 Å². The van der Waals surface area contributed by atoms with Gasteiger partial charge in [-0.25, -0.2) is 0 Å². The van der Waals surface area contributed by atoms with Crippen molar-refractivity contribution in [3.8, 4) is 11.5 Å². The zero-order valence-electron chi connectivity index (χ0n) is 14.6. The molecule has 1 heterocycles. The highest BCUT2D eigenvalue weighted by atomic mass is 16.6. The average molecular weight is 330 g/mol. The molecule has 2 rings (SSSR count). The molecule has 0 amide bonds. The van der Waals surface area contributed by atoms with Crippen LogP contribution in [0.1, 0.15) is 63.2 Å². The van der Waals surface area contributed by atoms with Crippen LogP contribution in [-0.2, 0) is 0 Å². The number of aliphatic hydroxyl groups is 1. The van der Waals surface area contributed by atoms with Crippen molar-refractivity contribution in [3.63, 3.8) is 0 Å². The van der Waals surface area contributed by atoms with Gasteiger partial charge in [-0.2, -0.15) is 0 Å². The Morgan fingerprint density at radius 2 is 1.96 bits per heavy atom. The van der Waals surface area contributed by atoms with E-state index in [1.54, 1.807) is 0 Å². The van der Waals surface area contributed by atoms with Crippen LogP contribution in [0.25, 0.3) is 0 Å². The summed E-state index contributed by atoms with van der Waals surface area (Å²) >= 11 is 0. The van der Waals surface area contributed by atoms with Crippen LogP contribution in [0.3, 0.4) is 0 Å². The van der Waals surface area contributed by atoms with E-state index in [9.17, 15) is 15.0 Å². The third kappa shape index (κ3) is 4.48. The first kappa shape index (κ1) is 18.3. The molecule has 1 aromatic carbocycles. The zero-order chi connectivity index (χ0) is 17.7. The highest BCUT2D eigenvalue weighted by Gasteiger charge is 2.46. The second-order valence-electron chi connectivity index (χ2n) is 6.66.